The van der Waals surface area contributed by atoms with Gasteiger partial charge in [-0.05, 0) is 25.5 Å². The fourth-order valence-electron chi connectivity index (χ4n) is 1.22. The van der Waals surface area contributed by atoms with Gasteiger partial charge in [-0.15, -0.1) is 0 Å². The zero-order chi connectivity index (χ0) is 11.3. The maximum atomic E-state index is 13.3. The van der Waals surface area contributed by atoms with Crippen LogP contribution in [0.15, 0.2) is 30.3 Å². The summed E-state index contributed by atoms with van der Waals surface area (Å²) in [5.74, 6) is -0.784. The number of ether oxygens (including phenoxy) is 1. The van der Waals surface area contributed by atoms with Gasteiger partial charge in [0.15, 0.2) is 0 Å². The van der Waals surface area contributed by atoms with Crippen molar-refractivity contribution in [3.05, 3.63) is 41.7 Å². The molecule has 0 heterocycles. The van der Waals surface area contributed by atoms with Crippen LogP contribution in [0.2, 0.25) is 0 Å². The van der Waals surface area contributed by atoms with Gasteiger partial charge >= 0.3 is 5.97 Å². The van der Waals surface area contributed by atoms with Crippen LogP contribution >= 0.6 is 0 Å². The van der Waals surface area contributed by atoms with E-state index in [1.165, 1.54) is 12.1 Å². The van der Waals surface area contributed by atoms with Crippen molar-refractivity contribution in [2.45, 2.75) is 13.8 Å². The second kappa shape index (κ2) is 5.29. The van der Waals surface area contributed by atoms with Gasteiger partial charge in [0.25, 0.3) is 0 Å². The molecule has 0 aliphatic heterocycles. The number of carbonyl (C=O) groups excluding carboxylic acids is 1. The van der Waals surface area contributed by atoms with Crippen LogP contribution in [0.4, 0.5) is 4.39 Å². The van der Waals surface area contributed by atoms with E-state index in [-0.39, 0.29) is 5.82 Å². The molecule has 0 amide bonds. The van der Waals surface area contributed by atoms with Gasteiger partial charge in [-0.1, -0.05) is 18.2 Å². The van der Waals surface area contributed by atoms with Crippen LogP contribution in [0.1, 0.15) is 19.4 Å². The predicted molar refractivity (Wildman–Crippen MR) is 56.7 cm³/mol. The molecule has 0 radical (unpaired) electrons. The molecule has 1 rings (SSSR count). The van der Waals surface area contributed by atoms with E-state index in [9.17, 15) is 9.18 Å². The summed E-state index contributed by atoms with van der Waals surface area (Å²) in [6.45, 7) is 3.72. The molecule has 1 aromatic rings. The number of esters is 1. The third-order valence-electron chi connectivity index (χ3n) is 1.92. The highest BCUT2D eigenvalue weighted by Gasteiger charge is 2.04. The Bertz CT molecular complexity index is 383. The summed E-state index contributed by atoms with van der Waals surface area (Å²) in [4.78, 5) is 11.1. The average molecular weight is 208 g/mol. The minimum Gasteiger partial charge on any atom is -0.463 e. The van der Waals surface area contributed by atoms with E-state index >= 15 is 0 Å². The van der Waals surface area contributed by atoms with Crippen LogP contribution in [0, 0.1) is 5.82 Å². The molecule has 0 unspecified atom stereocenters. The van der Waals surface area contributed by atoms with Crippen LogP contribution in [-0.2, 0) is 9.53 Å². The molecule has 0 spiro atoms. The Hall–Kier alpha value is -1.64. The van der Waals surface area contributed by atoms with Crippen LogP contribution in [-0.4, -0.2) is 12.6 Å². The minimum atomic E-state index is -0.446. The van der Waals surface area contributed by atoms with Crippen LogP contribution in [0.5, 0.6) is 0 Å². The van der Waals surface area contributed by atoms with Gasteiger partial charge < -0.3 is 4.74 Å². The number of carbonyl (C=O) groups is 1. The van der Waals surface area contributed by atoms with Crippen molar-refractivity contribution in [1.29, 1.82) is 0 Å². The monoisotopic (exact) mass is 208 g/mol. The van der Waals surface area contributed by atoms with E-state index in [0.29, 0.717) is 17.7 Å². The number of benzene rings is 1. The molecular formula is C12H13FO2. The summed E-state index contributed by atoms with van der Waals surface area (Å²) in [7, 11) is 0. The van der Waals surface area contributed by atoms with Gasteiger partial charge in [-0.2, -0.15) is 0 Å². The van der Waals surface area contributed by atoms with Crippen molar-refractivity contribution in [2.24, 2.45) is 0 Å². The van der Waals surface area contributed by atoms with E-state index in [1.54, 1.807) is 32.0 Å². The van der Waals surface area contributed by atoms with Gasteiger partial charge in [0, 0.05) is 11.6 Å². The van der Waals surface area contributed by atoms with Crippen LogP contribution < -0.4 is 0 Å². The van der Waals surface area contributed by atoms with E-state index < -0.39 is 5.97 Å². The highest BCUT2D eigenvalue weighted by Crippen LogP contribution is 2.17. The number of rotatable bonds is 3. The smallest absolute Gasteiger partial charge is 0.331 e. The number of hydrogen-bond acceptors (Lipinski definition) is 2. The Labute approximate surface area is 88.4 Å². The number of hydrogen-bond donors (Lipinski definition) is 0. The van der Waals surface area contributed by atoms with Crippen molar-refractivity contribution in [1.82, 2.24) is 0 Å². The molecule has 80 valence electrons. The number of halogens is 1. The van der Waals surface area contributed by atoms with Crippen molar-refractivity contribution in [3.63, 3.8) is 0 Å². The van der Waals surface area contributed by atoms with E-state index in [1.807, 2.05) is 0 Å². The molecule has 2 nitrogen and oxygen atoms in total. The molecule has 0 saturated carbocycles. The fourth-order valence-corrected chi connectivity index (χ4v) is 1.22. The highest BCUT2D eigenvalue weighted by atomic mass is 19.1. The Morgan fingerprint density at radius 2 is 2.13 bits per heavy atom. The predicted octanol–water partition coefficient (Wildman–Crippen LogP) is 2.79. The molecule has 0 aromatic heterocycles. The zero-order valence-electron chi connectivity index (χ0n) is 8.79. The zero-order valence-corrected chi connectivity index (χ0v) is 8.79. The SMILES string of the molecule is CCOC(=O)/C=C(\C)c1ccccc1F. The molecule has 1 aromatic carbocycles. The van der Waals surface area contributed by atoms with Gasteiger partial charge in [0.1, 0.15) is 5.82 Å². The normalized spacial score (nSPS) is 11.3. The summed E-state index contributed by atoms with van der Waals surface area (Å²) in [6, 6.07) is 6.32. The van der Waals surface area contributed by atoms with E-state index in [0.717, 1.165) is 0 Å². The summed E-state index contributed by atoms with van der Waals surface area (Å²) >= 11 is 0. The van der Waals surface area contributed by atoms with Crippen LogP contribution in [0.25, 0.3) is 5.57 Å². The Kier molecular flexibility index (Phi) is 4.03. The third-order valence-corrected chi connectivity index (χ3v) is 1.92. The van der Waals surface area contributed by atoms with Crippen molar-refractivity contribution in [3.8, 4) is 0 Å². The maximum absolute atomic E-state index is 13.3. The second-order valence-electron chi connectivity index (χ2n) is 3.06. The van der Waals surface area contributed by atoms with E-state index in [2.05, 4.69) is 0 Å². The van der Waals surface area contributed by atoms with Gasteiger partial charge in [0.2, 0.25) is 0 Å². The lowest BCUT2D eigenvalue weighted by molar-refractivity contribution is -0.137. The lowest BCUT2D eigenvalue weighted by atomic mass is 10.1. The molecular weight excluding hydrogens is 195 g/mol. The van der Waals surface area contributed by atoms with Crippen molar-refractivity contribution < 1.29 is 13.9 Å². The lowest BCUT2D eigenvalue weighted by Gasteiger charge is -2.02. The Morgan fingerprint density at radius 3 is 2.73 bits per heavy atom. The van der Waals surface area contributed by atoms with Crippen LogP contribution in [0.3, 0.4) is 0 Å². The summed E-state index contributed by atoms with van der Waals surface area (Å²) < 4.78 is 18.0. The fraction of sp³-hybridized carbons (Fsp3) is 0.250. The summed E-state index contributed by atoms with van der Waals surface area (Å²) in [6.07, 6.45) is 1.29. The molecule has 0 N–H and O–H groups in total. The summed E-state index contributed by atoms with van der Waals surface area (Å²) in [5, 5.41) is 0. The topological polar surface area (TPSA) is 26.3 Å². The molecule has 0 fully saturated rings. The number of allylic oxidation sites excluding steroid dienone is 1. The first-order chi connectivity index (χ1) is 7.15. The lowest BCUT2D eigenvalue weighted by Crippen LogP contribution is -2.00. The average Bonchev–Trinajstić information content (AvgIpc) is 2.18. The van der Waals surface area contributed by atoms with Gasteiger partial charge in [0.05, 0.1) is 6.61 Å². The molecule has 0 atom stereocenters. The molecule has 3 heteroatoms. The minimum absolute atomic E-state index is 0.319. The molecule has 0 aliphatic rings. The standard InChI is InChI=1S/C12H13FO2/c1-3-15-12(14)8-9(2)10-6-4-5-7-11(10)13/h4-8H,3H2,1-2H3/b9-8+. The largest absolute Gasteiger partial charge is 0.463 e. The molecule has 15 heavy (non-hydrogen) atoms. The summed E-state index contributed by atoms with van der Waals surface area (Å²) in [5.41, 5.74) is 0.983. The quantitative estimate of drug-likeness (QED) is 0.564. The molecule has 0 bridgehead atoms. The first-order valence-electron chi connectivity index (χ1n) is 4.75. The van der Waals surface area contributed by atoms with Crippen molar-refractivity contribution in [2.75, 3.05) is 6.61 Å². The first-order valence-corrected chi connectivity index (χ1v) is 4.75. The second-order valence-corrected chi connectivity index (χ2v) is 3.06. The highest BCUT2D eigenvalue weighted by molar-refractivity contribution is 5.90. The molecule has 0 saturated heterocycles. The first kappa shape index (κ1) is 11.4. The van der Waals surface area contributed by atoms with Gasteiger partial charge in [-0.3, -0.25) is 0 Å². The Balaban J connectivity index is 2.89. The van der Waals surface area contributed by atoms with E-state index in [4.69, 9.17) is 4.74 Å². The maximum Gasteiger partial charge on any atom is 0.331 e. The Morgan fingerprint density at radius 1 is 1.47 bits per heavy atom. The molecule has 0 aliphatic carbocycles. The van der Waals surface area contributed by atoms with Crippen molar-refractivity contribution >= 4 is 11.5 Å². The third kappa shape index (κ3) is 3.20. The van der Waals surface area contributed by atoms with Gasteiger partial charge in [-0.25, -0.2) is 9.18 Å².